The molecule has 0 aliphatic heterocycles. The minimum atomic E-state index is -0.879. The molecule has 0 atom stereocenters. The first-order valence-corrected chi connectivity index (χ1v) is 7.28. The Morgan fingerprint density at radius 1 is 1.19 bits per heavy atom. The Labute approximate surface area is 126 Å². The van der Waals surface area contributed by atoms with E-state index in [0.717, 1.165) is 5.56 Å². The van der Waals surface area contributed by atoms with Gasteiger partial charge in [-0.2, -0.15) is 0 Å². The van der Waals surface area contributed by atoms with Crippen LogP contribution in [0.15, 0.2) is 24.3 Å². The van der Waals surface area contributed by atoms with E-state index in [2.05, 4.69) is 6.07 Å². The molecule has 0 aliphatic rings. The second-order valence-electron chi connectivity index (χ2n) is 6.35. The van der Waals surface area contributed by atoms with Gasteiger partial charge in [-0.25, -0.2) is 0 Å². The molecule has 4 heteroatoms. The van der Waals surface area contributed by atoms with Crippen molar-refractivity contribution in [2.24, 2.45) is 0 Å². The summed E-state index contributed by atoms with van der Waals surface area (Å²) in [5.41, 5.74) is 1.95. The molecule has 1 N–H and O–H groups in total. The highest BCUT2D eigenvalue weighted by atomic mass is 16.4. The maximum Gasteiger partial charge on any atom is 0.305 e. The van der Waals surface area contributed by atoms with E-state index in [4.69, 9.17) is 5.11 Å². The summed E-state index contributed by atoms with van der Waals surface area (Å²) in [5, 5.41) is 8.81. The highest BCUT2D eigenvalue weighted by molar-refractivity contribution is 5.78. The molecule has 0 saturated heterocycles. The molecule has 0 aliphatic carbocycles. The molecule has 116 valence electrons. The maximum absolute atomic E-state index is 12.4. The molecule has 0 fully saturated rings. The van der Waals surface area contributed by atoms with Gasteiger partial charge in [0, 0.05) is 18.5 Å². The molecular weight excluding hydrogens is 266 g/mol. The van der Waals surface area contributed by atoms with Crippen LogP contribution in [0, 0.1) is 6.92 Å². The van der Waals surface area contributed by atoms with Gasteiger partial charge in [0.2, 0.25) is 5.91 Å². The Hall–Kier alpha value is -1.84. The average molecular weight is 291 g/mol. The number of carboxylic acids is 1. The van der Waals surface area contributed by atoms with Crippen molar-refractivity contribution in [1.29, 1.82) is 0 Å². The Bertz CT molecular complexity index is 503. The molecule has 0 saturated carbocycles. The molecule has 1 rings (SSSR count). The predicted octanol–water partition coefficient (Wildman–Crippen LogP) is 3.03. The summed E-state index contributed by atoms with van der Waals surface area (Å²) in [7, 11) is 0. The second-order valence-corrected chi connectivity index (χ2v) is 6.35. The van der Waals surface area contributed by atoms with Crippen molar-refractivity contribution in [3.8, 4) is 0 Å². The molecule has 21 heavy (non-hydrogen) atoms. The topological polar surface area (TPSA) is 57.6 Å². The number of aliphatic carboxylic acids is 1. The average Bonchev–Trinajstić information content (AvgIpc) is 2.34. The fourth-order valence-electron chi connectivity index (χ4n) is 2.30. The van der Waals surface area contributed by atoms with Gasteiger partial charge in [0.05, 0.1) is 6.42 Å². The van der Waals surface area contributed by atoms with Gasteiger partial charge in [0.25, 0.3) is 0 Å². The van der Waals surface area contributed by atoms with Gasteiger partial charge in [-0.05, 0) is 39.7 Å². The highest BCUT2D eigenvalue weighted by Gasteiger charge is 2.26. The zero-order chi connectivity index (χ0) is 16.0. The van der Waals surface area contributed by atoms with Gasteiger partial charge in [-0.1, -0.05) is 29.8 Å². The van der Waals surface area contributed by atoms with Gasteiger partial charge in [0.1, 0.15) is 0 Å². The number of benzene rings is 1. The monoisotopic (exact) mass is 291 g/mol. The SMILES string of the molecule is Cc1cccc(CCC(=O)N(CCC(=O)O)C(C)(C)C)c1. The van der Waals surface area contributed by atoms with E-state index in [-0.39, 0.29) is 24.4 Å². The van der Waals surface area contributed by atoms with Gasteiger partial charge in [-0.3, -0.25) is 9.59 Å². The molecule has 1 aromatic carbocycles. The van der Waals surface area contributed by atoms with E-state index in [1.165, 1.54) is 5.56 Å². The largest absolute Gasteiger partial charge is 0.481 e. The van der Waals surface area contributed by atoms with E-state index in [1.807, 2.05) is 45.9 Å². The molecule has 0 bridgehead atoms. The molecule has 0 heterocycles. The number of carbonyl (C=O) groups excluding carboxylic acids is 1. The molecule has 1 aromatic rings. The fourth-order valence-corrected chi connectivity index (χ4v) is 2.30. The molecule has 4 nitrogen and oxygen atoms in total. The lowest BCUT2D eigenvalue weighted by Gasteiger charge is -2.35. The van der Waals surface area contributed by atoms with Crippen molar-refractivity contribution < 1.29 is 14.7 Å². The zero-order valence-electron chi connectivity index (χ0n) is 13.3. The Balaban J connectivity index is 2.66. The van der Waals surface area contributed by atoms with E-state index in [1.54, 1.807) is 4.90 Å². The summed E-state index contributed by atoms with van der Waals surface area (Å²) >= 11 is 0. The third-order valence-corrected chi connectivity index (χ3v) is 3.37. The normalized spacial score (nSPS) is 11.2. The van der Waals surface area contributed by atoms with Crippen molar-refractivity contribution in [1.82, 2.24) is 4.90 Å². The highest BCUT2D eigenvalue weighted by Crippen LogP contribution is 2.17. The van der Waals surface area contributed by atoms with Crippen LogP contribution in [0.5, 0.6) is 0 Å². The predicted molar refractivity (Wildman–Crippen MR) is 83.2 cm³/mol. The van der Waals surface area contributed by atoms with Crippen molar-refractivity contribution in [3.63, 3.8) is 0 Å². The Kier molecular flexibility index (Phi) is 5.94. The first-order chi connectivity index (χ1) is 9.70. The number of aryl methyl sites for hydroxylation is 2. The van der Waals surface area contributed by atoms with Crippen LogP contribution in [0.25, 0.3) is 0 Å². The van der Waals surface area contributed by atoms with E-state index >= 15 is 0 Å². The van der Waals surface area contributed by atoms with Gasteiger partial charge < -0.3 is 10.0 Å². The summed E-state index contributed by atoms with van der Waals surface area (Å²) in [5.74, 6) is -0.874. The lowest BCUT2D eigenvalue weighted by Crippen LogP contribution is -2.46. The van der Waals surface area contributed by atoms with Crippen LogP contribution in [-0.2, 0) is 16.0 Å². The number of hydrogen-bond donors (Lipinski definition) is 1. The molecule has 0 radical (unpaired) electrons. The number of hydrogen-bond acceptors (Lipinski definition) is 2. The zero-order valence-corrected chi connectivity index (χ0v) is 13.3. The van der Waals surface area contributed by atoms with E-state index in [9.17, 15) is 9.59 Å². The van der Waals surface area contributed by atoms with E-state index < -0.39 is 5.97 Å². The van der Waals surface area contributed by atoms with Crippen LogP contribution in [0.3, 0.4) is 0 Å². The van der Waals surface area contributed by atoms with Gasteiger partial charge in [0.15, 0.2) is 0 Å². The van der Waals surface area contributed by atoms with Crippen molar-refractivity contribution in [2.45, 2.75) is 52.5 Å². The molecule has 0 spiro atoms. The van der Waals surface area contributed by atoms with E-state index in [0.29, 0.717) is 12.8 Å². The lowest BCUT2D eigenvalue weighted by atomic mass is 10.0. The first-order valence-electron chi connectivity index (χ1n) is 7.28. The smallest absolute Gasteiger partial charge is 0.305 e. The molecule has 0 unspecified atom stereocenters. The quantitative estimate of drug-likeness (QED) is 0.876. The number of carbonyl (C=O) groups is 2. The second kappa shape index (κ2) is 7.25. The Morgan fingerprint density at radius 2 is 1.86 bits per heavy atom. The van der Waals surface area contributed by atoms with Crippen LogP contribution < -0.4 is 0 Å². The fraction of sp³-hybridized carbons (Fsp3) is 0.529. The van der Waals surface area contributed by atoms with Gasteiger partial charge >= 0.3 is 5.97 Å². The number of rotatable bonds is 6. The minimum absolute atomic E-state index is 0.00487. The molecule has 0 aromatic heterocycles. The van der Waals surface area contributed by atoms with Crippen LogP contribution in [0.4, 0.5) is 0 Å². The number of nitrogens with zero attached hydrogens (tertiary/aromatic N) is 1. The first kappa shape index (κ1) is 17.2. The number of carboxylic acid groups (broad SMARTS) is 1. The molecule has 1 amide bonds. The molecular formula is C17H25NO3. The summed E-state index contributed by atoms with van der Waals surface area (Å²) in [6.45, 7) is 8.07. The summed E-state index contributed by atoms with van der Waals surface area (Å²) in [4.78, 5) is 24.8. The summed E-state index contributed by atoms with van der Waals surface area (Å²) < 4.78 is 0. The Morgan fingerprint density at radius 3 is 2.38 bits per heavy atom. The van der Waals surface area contributed by atoms with Crippen LogP contribution in [0.1, 0.15) is 44.7 Å². The van der Waals surface area contributed by atoms with Crippen LogP contribution in [0.2, 0.25) is 0 Å². The van der Waals surface area contributed by atoms with Crippen molar-refractivity contribution >= 4 is 11.9 Å². The van der Waals surface area contributed by atoms with Crippen molar-refractivity contribution in [3.05, 3.63) is 35.4 Å². The maximum atomic E-state index is 12.4. The van der Waals surface area contributed by atoms with Crippen LogP contribution in [-0.4, -0.2) is 34.0 Å². The summed E-state index contributed by atoms with van der Waals surface area (Å²) in [6, 6.07) is 8.10. The summed E-state index contributed by atoms with van der Waals surface area (Å²) in [6.07, 6.45) is 1.06. The lowest BCUT2D eigenvalue weighted by molar-refractivity contribution is -0.140. The van der Waals surface area contributed by atoms with Gasteiger partial charge in [-0.15, -0.1) is 0 Å². The standard InChI is InChI=1S/C17H25NO3/c1-13-6-5-7-14(12-13)8-9-15(19)18(17(2,3)4)11-10-16(20)21/h5-7,12H,8-11H2,1-4H3,(H,20,21). The van der Waals surface area contributed by atoms with Crippen LogP contribution >= 0.6 is 0 Å². The minimum Gasteiger partial charge on any atom is -0.481 e. The van der Waals surface area contributed by atoms with Crippen molar-refractivity contribution in [2.75, 3.05) is 6.54 Å². The number of amides is 1. The third-order valence-electron chi connectivity index (χ3n) is 3.37. The third kappa shape index (κ3) is 5.98.